The second-order valence-electron chi connectivity index (χ2n) is 10.7. The van der Waals surface area contributed by atoms with Crippen LogP contribution in [-0.4, -0.2) is 28.9 Å². The van der Waals surface area contributed by atoms with Crippen molar-refractivity contribution in [3.63, 3.8) is 0 Å². The van der Waals surface area contributed by atoms with Crippen molar-refractivity contribution in [1.29, 1.82) is 0 Å². The van der Waals surface area contributed by atoms with Gasteiger partial charge < -0.3 is 0 Å². The van der Waals surface area contributed by atoms with Gasteiger partial charge in [-0.05, 0) is 87.1 Å². The summed E-state index contributed by atoms with van der Waals surface area (Å²) in [5.41, 5.74) is 5.05. The van der Waals surface area contributed by atoms with Gasteiger partial charge in [0.05, 0.1) is 33.2 Å². The minimum absolute atomic E-state index is 0.198. The van der Waals surface area contributed by atoms with Gasteiger partial charge >= 0.3 is 0 Å². The van der Waals surface area contributed by atoms with E-state index < -0.39 is 32.1 Å². The van der Waals surface area contributed by atoms with E-state index in [4.69, 9.17) is 0 Å². The van der Waals surface area contributed by atoms with Crippen LogP contribution in [-0.2, 0) is 32.9 Å². The topological polar surface area (TPSA) is 74.8 Å². The third kappa shape index (κ3) is 4.49. The van der Waals surface area contributed by atoms with Crippen LogP contribution in [0.25, 0.3) is 0 Å². The molecule has 6 nitrogen and oxygen atoms in total. The molecular weight excluding hydrogens is 540 g/mol. The number of anilines is 2. The Morgan fingerprint density at radius 3 is 1.25 bits per heavy atom. The van der Waals surface area contributed by atoms with Gasteiger partial charge in [-0.3, -0.25) is 8.61 Å². The number of para-hydroxylation sites is 2. The quantitative estimate of drug-likeness (QED) is 0.293. The number of rotatable bonds is 5. The van der Waals surface area contributed by atoms with E-state index in [0.29, 0.717) is 37.1 Å². The molecule has 8 heteroatoms. The summed E-state index contributed by atoms with van der Waals surface area (Å²) in [6.45, 7) is 3.84. The van der Waals surface area contributed by atoms with E-state index in [1.807, 2.05) is 62.4 Å². The van der Waals surface area contributed by atoms with Crippen LogP contribution in [0, 0.1) is 13.8 Å². The first-order chi connectivity index (χ1) is 19.2. The number of sulfonamides is 2. The summed E-state index contributed by atoms with van der Waals surface area (Å²) < 4.78 is 60.5. The van der Waals surface area contributed by atoms with E-state index in [-0.39, 0.29) is 9.79 Å². The summed E-state index contributed by atoms with van der Waals surface area (Å²) in [4.78, 5) is 0.396. The Balaban J connectivity index is 1.53. The second kappa shape index (κ2) is 10.1. The van der Waals surface area contributed by atoms with Gasteiger partial charge in [-0.15, -0.1) is 0 Å². The molecule has 2 aliphatic rings. The predicted molar refractivity (Wildman–Crippen MR) is 159 cm³/mol. The minimum atomic E-state index is -4.00. The molecule has 0 fully saturated rings. The van der Waals surface area contributed by atoms with Gasteiger partial charge in [-0.2, -0.15) is 0 Å². The Kier molecular flexibility index (Phi) is 6.71. The first kappa shape index (κ1) is 26.6. The summed E-state index contributed by atoms with van der Waals surface area (Å²) in [6.07, 6.45) is 2.35. The van der Waals surface area contributed by atoms with Crippen molar-refractivity contribution < 1.29 is 16.8 Å². The molecule has 4 aromatic carbocycles. The third-order valence-corrected chi connectivity index (χ3v) is 11.8. The molecule has 0 radical (unpaired) electrons. The summed E-state index contributed by atoms with van der Waals surface area (Å²) in [6, 6.07) is 27.7. The van der Waals surface area contributed by atoms with E-state index in [0.717, 1.165) is 22.3 Å². The Hall–Kier alpha value is -3.62. The monoisotopic (exact) mass is 572 g/mol. The van der Waals surface area contributed by atoms with E-state index >= 15 is 0 Å². The van der Waals surface area contributed by atoms with E-state index in [2.05, 4.69) is 0 Å². The van der Waals surface area contributed by atoms with Crippen molar-refractivity contribution in [3.05, 3.63) is 119 Å². The number of nitrogens with zero attached hydrogens (tertiary/aromatic N) is 2. The van der Waals surface area contributed by atoms with Crippen LogP contribution in [0.1, 0.15) is 35.1 Å². The van der Waals surface area contributed by atoms with E-state index in [1.165, 1.54) is 8.61 Å². The lowest BCUT2D eigenvalue weighted by molar-refractivity contribution is 0.439. The number of fused-ring (bicyclic) bond motifs is 2. The molecule has 0 aromatic heterocycles. The van der Waals surface area contributed by atoms with Crippen molar-refractivity contribution >= 4 is 31.4 Å². The van der Waals surface area contributed by atoms with E-state index in [1.54, 1.807) is 48.5 Å². The van der Waals surface area contributed by atoms with Gasteiger partial charge in [0.15, 0.2) is 0 Å². The van der Waals surface area contributed by atoms with E-state index in [9.17, 15) is 16.8 Å². The molecule has 6 rings (SSSR count). The molecule has 2 atom stereocenters. The maximum atomic E-state index is 14.4. The Morgan fingerprint density at radius 2 is 0.875 bits per heavy atom. The SMILES string of the molecule is Cc1ccc(S(=O)(=O)N2c3ccccc3CC[C@H]2[C@@H]2CCc3ccccc3N2S(=O)(=O)c2ccc(C)cc2)cc1. The van der Waals surface area contributed by atoms with Crippen LogP contribution in [0.5, 0.6) is 0 Å². The molecule has 0 N–H and O–H groups in total. The molecule has 4 aromatic rings. The average Bonchev–Trinajstić information content (AvgIpc) is 2.96. The van der Waals surface area contributed by atoms with Gasteiger partial charge in [-0.1, -0.05) is 71.8 Å². The zero-order valence-electron chi connectivity index (χ0n) is 22.6. The van der Waals surface area contributed by atoms with Crippen molar-refractivity contribution in [2.24, 2.45) is 0 Å². The highest BCUT2D eigenvalue weighted by Crippen LogP contribution is 2.43. The molecule has 40 heavy (non-hydrogen) atoms. The molecule has 2 heterocycles. The third-order valence-electron chi connectivity index (χ3n) is 8.08. The average molecular weight is 573 g/mol. The summed E-state index contributed by atoms with van der Waals surface area (Å²) in [7, 11) is -7.99. The van der Waals surface area contributed by atoms with Crippen LogP contribution in [0.2, 0.25) is 0 Å². The molecule has 0 spiro atoms. The maximum absolute atomic E-state index is 14.4. The fraction of sp³-hybridized carbons (Fsp3) is 0.250. The molecule has 0 bridgehead atoms. The normalized spacial score (nSPS) is 19.1. The summed E-state index contributed by atoms with van der Waals surface area (Å²) >= 11 is 0. The molecule has 206 valence electrons. The van der Waals surface area contributed by atoms with Crippen molar-refractivity contribution in [2.45, 2.75) is 61.4 Å². The van der Waals surface area contributed by atoms with Gasteiger partial charge in [-0.25, -0.2) is 16.8 Å². The standard InChI is InChI=1S/C32H32N2O4S2/c1-23-11-17-27(18-12-23)39(35,36)33-29-9-5-3-7-25(29)15-21-31(33)32-22-16-26-8-4-6-10-30(26)34(32)40(37,38)28-19-13-24(2)14-20-28/h3-14,17-20,31-32H,15-16,21-22H2,1-2H3/t31-,32-/m0/s1. The fourth-order valence-electron chi connectivity index (χ4n) is 6.03. The molecular formula is C32H32N2O4S2. The first-order valence-electron chi connectivity index (χ1n) is 13.6. The number of benzene rings is 4. The van der Waals surface area contributed by atoms with Crippen LogP contribution in [0.15, 0.2) is 107 Å². The number of hydrogen-bond donors (Lipinski definition) is 0. The van der Waals surface area contributed by atoms with Crippen molar-refractivity contribution in [1.82, 2.24) is 0 Å². The maximum Gasteiger partial charge on any atom is 0.264 e. The predicted octanol–water partition coefficient (Wildman–Crippen LogP) is 6.02. The number of aryl methyl sites for hydroxylation is 4. The lowest BCUT2D eigenvalue weighted by atomic mass is 9.88. The fourth-order valence-corrected chi connectivity index (χ4v) is 9.53. The summed E-state index contributed by atoms with van der Waals surface area (Å²) in [5, 5.41) is 0. The van der Waals surface area contributed by atoms with Crippen LogP contribution in [0.3, 0.4) is 0 Å². The Bertz CT molecular complexity index is 1630. The Morgan fingerprint density at radius 1 is 0.525 bits per heavy atom. The molecule has 0 aliphatic carbocycles. The lowest BCUT2D eigenvalue weighted by Crippen LogP contribution is -2.58. The van der Waals surface area contributed by atoms with Crippen LogP contribution < -0.4 is 8.61 Å². The number of hydrogen-bond acceptors (Lipinski definition) is 4. The highest BCUT2D eigenvalue weighted by atomic mass is 32.2. The van der Waals surface area contributed by atoms with Gasteiger partial charge in [0.1, 0.15) is 0 Å². The van der Waals surface area contributed by atoms with Crippen molar-refractivity contribution in [2.75, 3.05) is 8.61 Å². The largest absolute Gasteiger partial charge is 0.264 e. The van der Waals surface area contributed by atoms with Crippen LogP contribution >= 0.6 is 0 Å². The molecule has 2 aliphatic heterocycles. The van der Waals surface area contributed by atoms with Crippen molar-refractivity contribution in [3.8, 4) is 0 Å². The molecule has 0 amide bonds. The van der Waals surface area contributed by atoms with Gasteiger partial charge in [0.2, 0.25) is 0 Å². The minimum Gasteiger partial charge on any atom is -0.261 e. The van der Waals surface area contributed by atoms with Crippen LogP contribution in [0.4, 0.5) is 11.4 Å². The lowest BCUT2D eigenvalue weighted by Gasteiger charge is -2.47. The first-order valence-corrected chi connectivity index (χ1v) is 16.4. The smallest absolute Gasteiger partial charge is 0.261 e. The second-order valence-corrected chi connectivity index (χ2v) is 14.3. The molecule has 0 saturated heterocycles. The van der Waals surface area contributed by atoms with Gasteiger partial charge in [0, 0.05) is 0 Å². The molecule has 0 unspecified atom stereocenters. The van der Waals surface area contributed by atoms with Gasteiger partial charge in [0.25, 0.3) is 20.0 Å². The highest BCUT2D eigenvalue weighted by Gasteiger charge is 2.46. The summed E-state index contributed by atoms with van der Waals surface area (Å²) in [5.74, 6) is 0. The highest BCUT2D eigenvalue weighted by molar-refractivity contribution is 7.93. The Labute approximate surface area is 237 Å². The zero-order chi connectivity index (χ0) is 28.1. The zero-order valence-corrected chi connectivity index (χ0v) is 24.2. The molecule has 0 saturated carbocycles.